The third-order valence-electron chi connectivity index (χ3n) is 2.59. The van der Waals surface area contributed by atoms with Gasteiger partial charge in [0, 0.05) is 5.39 Å². The normalized spacial score (nSPS) is 11.1. The Morgan fingerprint density at radius 1 is 1.35 bits per heavy atom. The topological polar surface area (TPSA) is 38.9 Å². The maximum atomic E-state index is 13.6. The number of benzene rings is 1. The van der Waals surface area contributed by atoms with E-state index in [9.17, 15) is 4.39 Å². The molecule has 0 spiro atoms. The van der Waals surface area contributed by atoms with Gasteiger partial charge >= 0.3 is 0 Å². The highest BCUT2D eigenvalue weighted by molar-refractivity contribution is 6.38. The zero-order valence-corrected chi connectivity index (χ0v) is 10.7. The van der Waals surface area contributed by atoms with Crippen LogP contribution in [0.3, 0.4) is 0 Å². The molecule has 0 amide bonds. The van der Waals surface area contributed by atoms with Crippen molar-refractivity contribution in [2.24, 2.45) is 0 Å². The zero-order chi connectivity index (χ0) is 12.6. The van der Waals surface area contributed by atoms with Crippen LogP contribution >= 0.6 is 23.2 Å². The highest BCUT2D eigenvalue weighted by atomic mass is 35.5. The average molecular weight is 273 g/mol. The Morgan fingerprint density at radius 2 is 2.06 bits per heavy atom. The van der Waals surface area contributed by atoms with E-state index in [-0.39, 0.29) is 10.0 Å². The van der Waals surface area contributed by atoms with E-state index in [1.807, 2.05) is 6.92 Å². The van der Waals surface area contributed by atoms with E-state index in [0.29, 0.717) is 16.7 Å². The van der Waals surface area contributed by atoms with Gasteiger partial charge in [-0.2, -0.15) is 0 Å². The smallest absolute Gasteiger partial charge is 0.161 e. The molecule has 90 valence electrons. The largest absolute Gasteiger partial charge is 0.383 e. The van der Waals surface area contributed by atoms with E-state index in [4.69, 9.17) is 28.9 Å². The predicted octanol–water partition coefficient (Wildman–Crippen LogP) is 4.22. The second-order valence-electron chi connectivity index (χ2n) is 3.84. The zero-order valence-electron chi connectivity index (χ0n) is 9.23. The molecule has 0 fully saturated rings. The summed E-state index contributed by atoms with van der Waals surface area (Å²) in [6.45, 7) is 2.04. The number of nitrogens with zero attached hydrogens (tertiary/aromatic N) is 1. The summed E-state index contributed by atoms with van der Waals surface area (Å²) in [4.78, 5) is 4.20. The summed E-state index contributed by atoms with van der Waals surface area (Å²) in [5, 5.41) is 0.501. The van der Waals surface area contributed by atoms with E-state index in [2.05, 4.69) is 4.98 Å². The molecule has 1 heterocycles. The first-order valence-corrected chi connectivity index (χ1v) is 6.02. The van der Waals surface area contributed by atoms with E-state index in [0.717, 1.165) is 18.4 Å². The number of rotatable bonds is 2. The molecule has 2 nitrogen and oxygen atoms in total. The molecule has 0 saturated carbocycles. The van der Waals surface area contributed by atoms with Crippen molar-refractivity contribution in [3.63, 3.8) is 0 Å². The maximum absolute atomic E-state index is 13.6. The van der Waals surface area contributed by atoms with Crippen molar-refractivity contribution in [1.29, 1.82) is 0 Å². The van der Waals surface area contributed by atoms with Crippen LogP contribution < -0.4 is 5.73 Å². The molecule has 0 aliphatic carbocycles. The number of halogens is 3. The third-order valence-corrected chi connectivity index (χ3v) is 3.23. The van der Waals surface area contributed by atoms with Crippen molar-refractivity contribution in [2.45, 2.75) is 19.8 Å². The van der Waals surface area contributed by atoms with Crippen molar-refractivity contribution >= 4 is 39.9 Å². The highest BCUT2D eigenvalue weighted by Gasteiger charge is 2.13. The molecule has 0 atom stereocenters. The molecular formula is C12H11Cl2FN2. The van der Waals surface area contributed by atoms with Crippen LogP contribution in [0.4, 0.5) is 10.2 Å². The van der Waals surface area contributed by atoms with Crippen LogP contribution in [0.15, 0.2) is 12.1 Å². The molecule has 5 heteroatoms. The fourth-order valence-corrected chi connectivity index (χ4v) is 2.25. The Bertz CT molecular complexity index is 584. The fourth-order valence-electron chi connectivity index (χ4n) is 1.75. The van der Waals surface area contributed by atoms with Gasteiger partial charge in [0.15, 0.2) is 5.82 Å². The maximum Gasteiger partial charge on any atom is 0.161 e. The molecule has 1 aromatic heterocycles. The summed E-state index contributed by atoms with van der Waals surface area (Å²) >= 11 is 11.6. The third kappa shape index (κ3) is 2.17. The van der Waals surface area contributed by atoms with Gasteiger partial charge in [0.25, 0.3) is 0 Å². The Labute approximate surface area is 109 Å². The van der Waals surface area contributed by atoms with Gasteiger partial charge in [-0.25, -0.2) is 9.37 Å². The Balaban J connectivity index is 2.75. The summed E-state index contributed by atoms with van der Waals surface area (Å²) < 4.78 is 13.6. The van der Waals surface area contributed by atoms with Gasteiger partial charge in [0.1, 0.15) is 5.82 Å². The lowest BCUT2D eigenvalue weighted by molar-refractivity contribution is 0.630. The van der Waals surface area contributed by atoms with Gasteiger partial charge in [-0.05, 0) is 24.1 Å². The predicted molar refractivity (Wildman–Crippen MR) is 70.1 cm³/mol. The fraction of sp³-hybridized carbons (Fsp3) is 0.250. The van der Waals surface area contributed by atoms with Crippen molar-refractivity contribution in [3.05, 3.63) is 33.6 Å². The molecule has 0 bridgehead atoms. The van der Waals surface area contributed by atoms with Crippen LogP contribution in [0.5, 0.6) is 0 Å². The standard InChI is InChI=1S/C12H11Cl2FN2/c1-2-3-6-4-7-9(17-12(6)16)5-8(13)11(15)10(7)14/h4-5H,2-3H2,1H3,(H2,16,17). The molecule has 2 aromatic rings. The Kier molecular flexibility index (Phi) is 3.40. The number of hydrogen-bond donors (Lipinski definition) is 1. The average Bonchev–Trinajstić information content (AvgIpc) is 2.29. The summed E-state index contributed by atoms with van der Waals surface area (Å²) in [6, 6.07) is 3.22. The van der Waals surface area contributed by atoms with Gasteiger partial charge < -0.3 is 5.73 Å². The minimum absolute atomic E-state index is 0.00245. The molecule has 0 saturated heterocycles. The minimum Gasteiger partial charge on any atom is -0.383 e. The van der Waals surface area contributed by atoms with Gasteiger partial charge in [0.2, 0.25) is 0 Å². The van der Waals surface area contributed by atoms with Crippen molar-refractivity contribution in [3.8, 4) is 0 Å². The molecule has 17 heavy (non-hydrogen) atoms. The highest BCUT2D eigenvalue weighted by Crippen LogP contribution is 2.32. The van der Waals surface area contributed by atoms with Crippen LogP contribution in [0.25, 0.3) is 10.9 Å². The number of pyridine rings is 1. The van der Waals surface area contributed by atoms with Gasteiger partial charge in [-0.1, -0.05) is 36.5 Å². The first-order valence-electron chi connectivity index (χ1n) is 5.27. The van der Waals surface area contributed by atoms with E-state index in [1.54, 1.807) is 6.07 Å². The van der Waals surface area contributed by atoms with Crippen molar-refractivity contribution < 1.29 is 4.39 Å². The SMILES string of the molecule is CCCc1cc2c(Cl)c(F)c(Cl)cc2nc1N. The lowest BCUT2D eigenvalue weighted by atomic mass is 10.1. The number of hydrogen-bond acceptors (Lipinski definition) is 2. The number of nitrogens with two attached hydrogens (primary N) is 1. The molecule has 0 unspecified atom stereocenters. The molecular weight excluding hydrogens is 262 g/mol. The van der Waals surface area contributed by atoms with E-state index in [1.165, 1.54) is 6.07 Å². The lowest BCUT2D eigenvalue weighted by Gasteiger charge is -2.08. The molecule has 0 radical (unpaired) electrons. The monoisotopic (exact) mass is 272 g/mol. The minimum atomic E-state index is -0.616. The van der Waals surface area contributed by atoms with E-state index < -0.39 is 5.82 Å². The molecule has 0 aliphatic heterocycles. The van der Waals surface area contributed by atoms with Gasteiger partial charge in [0.05, 0.1) is 15.6 Å². The van der Waals surface area contributed by atoms with Crippen LogP contribution in [-0.2, 0) is 6.42 Å². The van der Waals surface area contributed by atoms with Crippen molar-refractivity contribution in [2.75, 3.05) is 5.73 Å². The second-order valence-corrected chi connectivity index (χ2v) is 4.62. The molecule has 2 rings (SSSR count). The number of nitrogen functional groups attached to an aromatic ring is 1. The lowest BCUT2D eigenvalue weighted by Crippen LogP contribution is -1.99. The van der Waals surface area contributed by atoms with Crippen LogP contribution in [0, 0.1) is 5.82 Å². The molecule has 2 N–H and O–H groups in total. The number of fused-ring (bicyclic) bond motifs is 1. The number of aromatic nitrogens is 1. The van der Waals surface area contributed by atoms with Crippen molar-refractivity contribution in [1.82, 2.24) is 4.98 Å². The van der Waals surface area contributed by atoms with E-state index >= 15 is 0 Å². The van der Waals surface area contributed by atoms with Crippen LogP contribution in [0.1, 0.15) is 18.9 Å². The first kappa shape index (κ1) is 12.4. The first-order chi connectivity index (χ1) is 8.04. The number of aryl methyl sites for hydroxylation is 1. The summed E-state index contributed by atoms with van der Waals surface area (Å²) in [6.07, 6.45) is 1.72. The quantitative estimate of drug-likeness (QED) is 0.832. The van der Waals surface area contributed by atoms with Gasteiger partial charge in [-0.3, -0.25) is 0 Å². The van der Waals surface area contributed by atoms with Gasteiger partial charge in [-0.15, -0.1) is 0 Å². The molecule has 0 aliphatic rings. The second kappa shape index (κ2) is 4.67. The summed E-state index contributed by atoms with van der Waals surface area (Å²) in [7, 11) is 0. The van der Waals surface area contributed by atoms with Crippen LogP contribution in [0.2, 0.25) is 10.0 Å². The number of anilines is 1. The Hall–Kier alpha value is -1.06. The van der Waals surface area contributed by atoms with Crippen LogP contribution in [-0.4, -0.2) is 4.98 Å². The Morgan fingerprint density at radius 3 is 2.71 bits per heavy atom. The summed E-state index contributed by atoms with van der Waals surface area (Å²) in [5.41, 5.74) is 7.21. The summed E-state index contributed by atoms with van der Waals surface area (Å²) in [5.74, 6) is -0.173. The molecule has 1 aromatic carbocycles.